The molecular weight excluding hydrogens is 412 g/mol. The number of imidazole rings is 1. The van der Waals surface area contributed by atoms with Crippen molar-refractivity contribution < 1.29 is 4.79 Å². The van der Waals surface area contributed by atoms with E-state index in [1.165, 1.54) is 5.56 Å². The Labute approximate surface area is 191 Å². The van der Waals surface area contributed by atoms with Crippen LogP contribution < -0.4 is 5.32 Å². The van der Waals surface area contributed by atoms with Gasteiger partial charge in [0.25, 0.3) is 5.91 Å². The van der Waals surface area contributed by atoms with Gasteiger partial charge in [-0.1, -0.05) is 49.4 Å². The van der Waals surface area contributed by atoms with Gasteiger partial charge in [0.1, 0.15) is 0 Å². The van der Waals surface area contributed by atoms with Crippen molar-refractivity contribution in [3.63, 3.8) is 0 Å². The van der Waals surface area contributed by atoms with E-state index in [2.05, 4.69) is 43.1 Å². The third-order valence-corrected chi connectivity index (χ3v) is 5.67. The van der Waals surface area contributed by atoms with Crippen LogP contribution in [0.1, 0.15) is 34.1 Å². The van der Waals surface area contributed by atoms with Gasteiger partial charge in [0.15, 0.2) is 5.82 Å². The second-order valence-corrected chi connectivity index (χ2v) is 7.82. The fraction of sp³-hybridized carbons (Fsp3) is 0.154. The van der Waals surface area contributed by atoms with E-state index in [0.29, 0.717) is 24.3 Å². The molecule has 5 rings (SSSR count). The molecule has 0 saturated carbocycles. The minimum absolute atomic E-state index is 0.136. The molecule has 33 heavy (non-hydrogen) atoms. The predicted octanol–water partition coefficient (Wildman–Crippen LogP) is 4.16. The highest BCUT2D eigenvalue weighted by Crippen LogP contribution is 2.16. The molecule has 2 aromatic carbocycles. The van der Waals surface area contributed by atoms with Crippen molar-refractivity contribution in [3.05, 3.63) is 108 Å². The third-order valence-electron chi connectivity index (χ3n) is 5.67. The number of pyridine rings is 1. The lowest BCUT2D eigenvalue weighted by molar-refractivity contribution is 0.0950. The van der Waals surface area contributed by atoms with Gasteiger partial charge in [-0.3, -0.25) is 4.79 Å². The van der Waals surface area contributed by atoms with Crippen LogP contribution in [-0.2, 0) is 19.5 Å². The zero-order chi connectivity index (χ0) is 22.6. The van der Waals surface area contributed by atoms with Crippen molar-refractivity contribution in [2.75, 3.05) is 0 Å². The first-order chi connectivity index (χ1) is 16.2. The fourth-order valence-corrected chi connectivity index (χ4v) is 3.95. The van der Waals surface area contributed by atoms with Gasteiger partial charge in [0, 0.05) is 19.3 Å². The number of rotatable bonds is 7. The number of hydrogen-bond donors (Lipinski definition) is 1. The summed E-state index contributed by atoms with van der Waals surface area (Å²) in [5.41, 5.74) is 5.75. The first kappa shape index (κ1) is 20.6. The number of carbonyl (C=O) groups is 1. The van der Waals surface area contributed by atoms with Crippen LogP contribution in [0.3, 0.4) is 0 Å². The molecule has 0 unspecified atom stereocenters. The second-order valence-electron chi connectivity index (χ2n) is 7.82. The van der Waals surface area contributed by atoms with Crippen LogP contribution in [0.2, 0.25) is 0 Å². The van der Waals surface area contributed by atoms with E-state index in [4.69, 9.17) is 0 Å². The van der Waals surface area contributed by atoms with Crippen molar-refractivity contribution in [1.29, 1.82) is 0 Å². The number of benzene rings is 2. The van der Waals surface area contributed by atoms with Crippen LogP contribution in [0, 0.1) is 0 Å². The van der Waals surface area contributed by atoms with E-state index >= 15 is 0 Å². The van der Waals surface area contributed by atoms with E-state index in [9.17, 15) is 4.79 Å². The molecule has 7 nitrogen and oxygen atoms in total. The summed E-state index contributed by atoms with van der Waals surface area (Å²) >= 11 is 0. The van der Waals surface area contributed by atoms with Crippen molar-refractivity contribution in [2.24, 2.45) is 0 Å². The molecule has 3 heterocycles. The van der Waals surface area contributed by atoms with Gasteiger partial charge < -0.3 is 9.88 Å². The number of hydrogen-bond acceptors (Lipinski definition) is 4. The smallest absolute Gasteiger partial charge is 0.255 e. The molecule has 0 bridgehead atoms. The highest BCUT2D eigenvalue weighted by atomic mass is 16.1. The van der Waals surface area contributed by atoms with E-state index in [0.717, 1.165) is 28.8 Å². The minimum atomic E-state index is -0.136. The summed E-state index contributed by atoms with van der Waals surface area (Å²) in [5.74, 6) is 0.567. The Morgan fingerprint density at radius 3 is 2.52 bits per heavy atom. The molecule has 0 fully saturated rings. The summed E-state index contributed by atoms with van der Waals surface area (Å²) in [6.45, 7) is 3.21. The molecule has 0 radical (unpaired) electrons. The lowest BCUT2D eigenvalue weighted by Crippen LogP contribution is -2.23. The number of nitrogens with one attached hydrogen (secondary N) is 1. The average Bonchev–Trinajstić information content (AvgIpc) is 3.48. The van der Waals surface area contributed by atoms with E-state index in [1.807, 2.05) is 61.8 Å². The number of para-hydroxylation sites is 2. The Bertz CT molecular complexity index is 1390. The molecule has 1 amide bonds. The number of fused-ring (bicyclic) bond motifs is 1. The first-order valence-corrected chi connectivity index (χ1v) is 11.0. The summed E-state index contributed by atoms with van der Waals surface area (Å²) in [6, 6.07) is 22.0. The van der Waals surface area contributed by atoms with Crippen LogP contribution >= 0.6 is 0 Å². The molecule has 164 valence electrons. The lowest BCUT2D eigenvalue weighted by Gasteiger charge is -2.09. The zero-order valence-corrected chi connectivity index (χ0v) is 18.3. The van der Waals surface area contributed by atoms with Crippen LogP contribution in [0.25, 0.3) is 16.9 Å². The third kappa shape index (κ3) is 4.25. The number of nitrogens with zero attached hydrogens (tertiary/aromatic N) is 5. The monoisotopic (exact) mass is 436 g/mol. The zero-order valence-electron chi connectivity index (χ0n) is 18.3. The van der Waals surface area contributed by atoms with Gasteiger partial charge in [-0.15, -0.1) is 0 Å². The summed E-state index contributed by atoms with van der Waals surface area (Å²) in [6.07, 6.45) is 5.88. The number of amides is 1. The quantitative estimate of drug-likeness (QED) is 0.416. The Morgan fingerprint density at radius 2 is 1.73 bits per heavy atom. The van der Waals surface area contributed by atoms with E-state index < -0.39 is 0 Å². The summed E-state index contributed by atoms with van der Waals surface area (Å²) in [7, 11) is 0. The van der Waals surface area contributed by atoms with Gasteiger partial charge in [-0.25, -0.2) is 14.6 Å². The molecule has 7 heteroatoms. The Hall–Kier alpha value is -4.26. The summed E-state index contributed by atoms with van der Waals surface area (Å²) in [4.78, 5) is 21.6. The maximum Gasteiger partial charge on any atom is 0.255 e. The molecule has 0 aliphatic heterocycles. The van der Waals surface area contributed by atoms with Crippen LogP contribution in [-0.4, -0.2) is 30.2 Å². The Balaban J connectivity index is 1.25. The van der Waals surface area contributed by atoms with Crippen LogP contribution in [0.4, 0.5) is 0 Å². The molecule has 3 aromatic heterocycles. The Kier molecular flexibility index (Phi) is 5.68. The second kappa shape index (κ2) is 9.08. The van der Waals surface area contributed by atoms with Crippen molar-refractivity contribution in [1.82, 2.24) is 29.6 Å². The maximum absolute atomic E-state index is 12.9. The van der Waals surface area contributed by atoms with Gasteiger partial charge in [-0.2, -0.15) is 5.10 Å². The first-order valence-electron chi connectivity index (χ1n) is 11.0. The molecule has 0 atom stereocenters. The fourth-order valence-electron chi connectivity index (χ4n) is 3.95. The molecular formula is C26H24N6O. The summed E-state index contributed by atoms with van der Waals surface area (Å²) in [5, 5.41) is 7.40. The molecule has 0 aliphatic carbocycles. The number of carbonyl (C=O) groups excluding carboxylic acids is 1. The van der Waals surface area contributed by atoms with Crippen molar-refractivity contribution in [3.8, 4) is 5.82 Å². The van der Waals surface area contributed by atoms with Crippen molar-refractivity contribution >= 4 is 16.9 Å². The lowest BCUT2D eigenvalue weighted by atomic mass is 10.1. The molecule has 0 aliphatic rings. The van der Waals surface area contributed by atoms with Gasteiger partial charge in [-0.05, 0) is 41.8 Å². The Morgan fingerprint density at radius 1 is 0.939 bits per heavy atom. The molecule has 5 aromatic rings. The molecule has 1 N–H and O–H groups in total. The standard InChI is InChI=1S/C26H24N6O/c1-2-23-21(16-30-32(23)25-9-5-6-14-27-25)26(33)28-15-19-10-12-20(13-11-19)17-31-18-29-22-7-3-4-8-24(22)31/h3-14,16,18H,2,15,17H2,1H3,(H,28,33). The van der Waals surface area contributed by atoms with Gasteiger partial charge in [0.2, 0.25) is 0 Å². The van der Waals surface area contributed by atoms with Gasteiger partial charge >= 0.3 is 0 Å². The maximum atomic E-state index is 12.9. The predicted molar refractivity (Wildman–Crippen MR) is 127 cm³/mol. The topological polar surface area (TPSA) is 77.6 Å². The highest BCUT2D eigenvalue weighted by molar-refractivity contribution is 5.95. The normalized spacial score (nSPS) is 11.1. The minimum Gasteiger partial charge on any atom is -0.348 e. The largest absolute Gasteiger partial charge is 0.348 e. The number of aromatic nitrogens is 5. The average molecular weight is 437 g/mol. The van der Waals surface area contributed by atoms with E-state index in [1.54, 1.807) is 17.1 Å². The van der Waals surface area contributed by atoms with Crippen molar-refractivity contribution in [2.45, 2.75) is 26.4 Å². The SMILES string of the molecule is CCc1c(C(=O)NCc2ccc(Cn3cnc4ccccc43)cc2)cnn1-c1ccccn1. The van der Waals surface area contributed by atoms with E-state index in [-0.39, 0.29) is 5.91 Å². The van der Waals surface area contributed by atoms with Crippen LogP contribution in [0.5, 0.6) is 0 Å². The highest BCUT2D eigenvalue weighted by Gasteiger charge is 2.17. The molecule has 0 saturated heterocycles. The summed E-state index contributed by atoms with van der Waals surface area (Å²) < 4.78 is 3.86. The van der Waals surface area contributed by atoms with Crippen LogP contribution in [0.15, 0.2) is 85.5 Å². The van der Waals surface area contributed by atoms with Gasteiger partial charge in [0.05, 0.1) is 34.8 Å². The molecule has 0 spiro atoms.